The summed E-state index contributed by atoms with van der Waals surface area (Å²) in [6.07, 6.45) is 0. The molecule has 0 atom stereocenters. The van der Waals surface area contributed by atoms with Crippen molar-refractivity contribution in [3.05, 3.63) is 35.7 Å². The van der Waals surface area contributed by atoms with Gasteiger partial charge in [0.25, 0.3) is 5.89 Å². The van der Waals surface area contributed by atoms with Gasteiger partial charge in [-0.3, -0.25) is 0 Å². The van der Waals surface area contributed by atoms with Crippen molar-refractivity contribution in [2.45, 2.75) is 19.8 Å². The lowest BCUT2D eigenvalue weighted by molar-refractivity contribution is -0.173. The number of aryl methyl sites for hydroxylation is 1. The highest BCUT2D eigenvalue weighted by atomic mass is 19.3. The van der Waals surface area contributed by atoms with E-state index in [0.717, 1.165) is 12.1 Å². The van der Waals surface area contributed by atoms with Gasteiger partial charge in [-0.2, -0.15) is 13.8 Å². The van der Waals surface area contributed by atoms with E-state index in [1.165, 1.54) is 19.1 Å². The summed E-state index contributed by atoms with van der Waals surface area (Å²) >= 11 is 0. The van der Waals surface area contributed by atoms with E-state index in [2.05, 4.69) is 14.9 Å². The monoisotopic (exact) mass is 282 g/mol. The number of nitrogens with zero attached hydrogens (tertiary/aromatic N) is 2. The summed E-state index contributed by atoms with van der Waals surface area (Å²) in [5.74, 6) is -4.57. The van der Waals surface area contributed by atoms with Crippen LogP contribution < -0.4 is 0 Å². The minimum atomic E-state index is -3.68. The second-order valence-electron chi connectivity index (χ2n) is 4.02. The number of aromatic nitrogens is 2. The number of rotatable bonds is 4. The van der Waals surface area contributed by atoms with Gasteiger partial charge in [0.05, 0.1) is 6.61 Å². The predicted octanol–water partition coefficient (Wildman–Crippen LogP) is 2.70. The molecule has 0 spiro atoms. The molecule has 0 bridgehead atoms. The highest BCUT2D eigenvalue weighted by molar-refractivity contribution is 5.79. The molecule has 5 nitrogen and oxygen atoms in total. The van der Waals surface area contributed by atoms with Crippen LogP contribution in [0.25, 0.3) is 11.5 Å². The maximum Gasteiger partial charge on any atom is 0.381 e. The molecule has 106 valence electrons. The number of carbonyl (C=O) groups excluding carboxylic acids is 1. The fraction of sp³-hybridized carbons (Fsp3) is 0.308. The Morgan fingerprint density at radius 3 is 2.50 bits per heavy atom. The summed E-state index contributed by atoms with van der Waals surface area (Å²) in [5.41, 5.74) is 0.0462. The number of hydrogen-bond donors (Lipinski definition) is 0. The molecule has 0 radical (unpaired) electrons. The smallest absolute Gasteiger partial charge is 0.381 e. The fourth-order valence-corrected chi connectivity index (χ4v) is 1.58. The topological polar surface area (TPSA) is 65.2 Å². The zero-order chi connectivity index (χ0) is 14.8. The van der Waals surface area contributed by atoms with Crippen LogP contribution in [-0.4, -0.2) is 22.7 Å². The first kappa shape index (κ1) is 14.1. The average Bonchev–Trinajstić information content (AvgIpc) is 2.86. The van der Waals surface area contributed by atoms with Crippen molar-refractivity contribution in [3.8, 4) is 11.5 Å². The number of carbonyl (C=O) groups is 1. The van der Waals surface area contributed by atoms with Crippen LogP contribution in [0.2, 0.25) is 0 Å². The van der Waals surface area contributed by atoms with Crippen LogP contribution in [0.1, 0.15) is 18.3 Å². The standard InChI is InChI=1S/C13H12F2N2O3/c1-3-19-12(18)13(14,15)10-6-4-9(5-7-10)11-16-8(2)17-20-11/h4-7H,3H2,1-2H3. The van der Waals surface area contributed by atoms with Gasteiger partial charge in [-0.05, 0) is 26.0 Å². The molecule has 1 aromatic carbocycles. The number of alkyl halides is 2. The molecule has 1 heterocycles. The molecule has 0 aliphatic carbocycles. The van der Waals surface area contributed by atoms with E-state index in [4.69, 9.17) is 4.52 Å². The lowest BCUT2D eigenvalue weighted by Gasteiger charge is -2.14. The third kappa shape index (κ3) is 2.66. The van der Waals surface area contributed by atoms with Crippen LogP contribution in [0, 0.1) is 6.92 Å². The van der Waals surface area contributed by atoms with Crippen LogP contribution in [-0.2, 0) is 15.5 Å². The number of esters is 1. The maximum atomic E-state index is 13.7. The van der Waals surface area contributed by atoms with Gasteiger partial charge < -0.3 is 9.26 Å². The third-order valence-electron chi connectivity index (χ3n) is 2.55. The van der Waals surface area contributed by atoms with Crippen LogP contribution in [0.3, 0.4) is 0 Å². The lowest BCUT2D eigenvalue weighted by atomic mass is 10.1. The second-order valence-corrected chi connectivity index (χ2v) is 4.02. The van der Waals surface area contributed by atoms with E-state index < -0.39 is 17.5 Å². The summed E-state index contributed by atoms with van der Waals surface area (Å²) in [7, 11) is 0. The molecule has 2 aromatic rings. The van der Waals surface area contributed by atoms with Gasteiger partial charge in [-0.25, -0.2) is 4.79 Å². The number of hydrogen-bond acceptors (Lipinski definition) is 5. The van der Waals surface area contributed by atoms with E-state index >= 15 is 0 Å². The molecule has 0 unspecified atom stereocenters. The molecule has 2 rings (SSSR count). The van der Waals surface area contributed by atoms with E-state index in [1.54, 1.807) is 6.92 Å². The van der Waals surface area contributed by atoms with E-state index in [1.807, 2.05) is 0 Å². The largest absolute Gasteiger partial charge is 0.461 e. The van der Waals surface area contributed by atoms with Gasteiger partial charge in [-0.15, -0.1) is 0 Å². The number of ether oxygens (including phenoxy) is 1. The van der Waals surface area contributed by atoms with Crippen molar-refractivity contribution < 1.29 is 22.8 Å². The Bertz CT molecular complexity index is 608. The molecule has 0 amide bonds. The molecule has 7 heteroatoms. The summed E-state index contributed by atoms with van der Waals surface area (Å²) in [6.45, 7) is 3.01. The highest BCUT2D eigenvalue weighted by Crippen LogP contribution is 2.31. The zero-order valence-corrected chi connectivity index (χ0v) is 10.9. The Morgan fingerprint density at radius 1 is 1.35 bits per heavy atom. The Balaban J connectivity index is 2.26. The van der Waals surface area contributed by atoms with Gasteiger partial charge in [0, 0.05) is 11.1 Å². The van der Waals surface area contributed by atoms with E-state index in [-0.39, 0.29) is 12.5 Å². The number of benzene rings is 1. The molecule has 0 aliphatic heterocycles. The molecule has 0 saturated heterocycles. The van der Waals surface area contributed by atoms with Gasteiger partial charge in [-0.1, -0.05) is 17.3 Å². The fourth-order valence-electron chi connectivity index (χ4n) is 1.58. The molecule has 0 aliphatic rings. The predicted molar refractivity (Wildman–Crippen MR) is 65.0 cm³/mol. The van der Waals surface area contributed by atoms with Crippen LogP contribution in [0.4, 0.5) is 8.78 Å². The summed E-state index contributed by atoms with van der Waals surface area (Å²) in [5, 5.41) is 3.61. The zero-order valence-electron chi connectivity index (χ0n) is 10.9. The van der Waals surface area contributed by atoms with Gasteiger partial charge in [0.15, 0.2) is 5.82 Å². The summed E-state index contributed by atoms with van der Waals surface area (Å²) in [6, 6.07) is 5.03. The van der Waals surface area contributed by atoms with Crippen molar-refractivity contribution in [1.82, 2.24) is 10.1 Å². The second kappa shape index (κ2) is 5.36. The van der Waals surface area contributed by atoms with Crippen molar-refractivity contribution in [2.24, 2.45) is 0 Å². The van der Waals surface area contributed by atoms with Gasteiger partial charge >= 0.3 is 11.9 Å². The minimum Gasteiger partial charge on any atom is -0.461 e. The Hall–Kier alpha value is -2.31. The van der Waals surface area contributed by atoms with Crippen LogP contribution in [0.15, 0.2) is 28.8 Å². The van der Waals surface area contributed by atoms with Crippen molar-refractivity contribution >= 4 is 5.97 Å². The normalized spacial score (nSPS) is 11.4. The van der Waals surface area contributed by atoms with Crippen molar-refractivity contribution in [3.63, 3.8) is 0 Å². The molecule has 0 N–H and O–H groups in total. The Labute approximate surface area is 113 Å². The molecular formula is C13H12F2N2O3. The first-order valence-corrected chi connectivity index (χ1v) is 5.91. The lowest BCUT2D eigenvalue weighted by Crippen LogP contribution is -2.28. The first-order chi connectivity index (χ1) is 9.45. The third-order valence-corrected chi connectivity index (χ3v) is 2.55. The Morgan fingerprint density at radius 2 is 2.00 bits per heavy atom. The quantitative estimate of drug-likeness (QED) is 0.807. The van der Waals surface area contributed by atoms with Gasteiger partial charge in [0.1, 0.15) is 0 Å². The van der Waals surface area contributed by atoms with E-state index in [9.17, 15) is 13.6 Å². The summed E-state index contributed by atoms with van der Waals surface area (Å²) < 4.78 is 36.8. The van der Waals surface area contributed by atoms with Crippen LogP contribution in [0.5, 0.6) is 0 Å². The molecule has 1 aromatic heterocycles. The first-order valence-electron chi connectivity index (χ1n) is 5.91. The maximum absolute atomic E-state index is 13.7. The van der Waals surface area contributed by atoms with Crippen LogP contribution >= 0.6 is 0 Å². The Kier molecular flexibility index (Phi) is 3.78. The molecule has 0 fully saturated rings. The molecule has 20 heavy (non-hydrogen) atoms. The SMILES string of the molecule is CCOC(=O)C(F)(F)c1ccc(-c2nc(C)no2)cc1. The van der Waals surface area contributed by atoms with Gasteiger partial charge in [0.2, 0.25) is 0 Å². The molecular weight excluding hydrogens is 270 g/mol. The highest BCUT2D eigenvalue weighted by Gasteiger charge is 2.42. The van der Waals surface area contributed by atoms with E-state index in [0.29, 0.717) is 11.4 Å². The number of halogens is 2. The molecule has 0 saturated carbocycles. The van der Waals surface area contributed by atoms with Crippen molar-refractivity contribution in [1.29, 1.82) is 0 Å². The summed E-state index contributed by atoms with van der Waals surface area (Å²) in [4.78, 5) is 15.2. The van der Waals surface area contributed by atoms with Crippen molar-refractivity contribution in [2.75, 3.05) is 6.61 Å². The average molecular weight is 282 g/mol. The minimum absolute atomic E-state index is 0.103.